The first-order valence-electron chi connectivity index (χ1n) is 5.45. The van der Waals surface area contributed by atoms with Crippen LogP contribution in [0.1, 0.15) is 39.2 Å². The van der Waals surface area contributed by atoms with Crippen LogP contribution in [0.3, 0.4) is 0 Å². The molecule has 0 aliphatic carbocycles. The molecule has 1 atom stereocenters. The lowest BCUT2D eigenvalue weighted by atomic mass is 9.78. The SMILES string of the molecule is C[C@@H](c1cccc(OC(F)(F)F)c1)C(C)(C)C. The maximum Gasteiger partial charge on any atom is 0.573 e. The van der Waals surface area contributed by atoms with Gasteiger partial charge in [0.25, 0.3) is 0 Å². The second kappa shape index (κ2) is 4.59. The number of benzene rings is 1. The van der Waals surface area contributed by atoms with Crippen molar-refractivity contribution in [3.63, 3.8) is 0 Å². The maximum atomic E-state index is 12.1. The Morgan fingerprint density at radius 1 is 1.12 bits per heavy atom. The Bertz CT molecular complexity index is 377. The van der Waals surface area contributed by atoms with Crippen molar-refractivity contribution >= 4 is 0 Å². The monoisotopic (exact) mass is 246 g/mol. The van der Waals surface area contributed by atoms with Gasteiger partial charge in [-0.25, -0.2) is 0 Å². The number of halogens is 3. The van der Waals surface area contributed by atoms with Crippen molar-refractivity contribution in [1.29, 1.82) is 0 Å². The number of hydrogen-bond donors (Lipinski definition) is 0. The first-order valence-corrected chi connectivity index (χ1v) is 5.45. The van der Waals surface area contributed by atoms with Crippen molar-refractivity contribution in [3.05, 3.63) is 29.8 Å². The minimum absolute atomic E-state index is 0.00312. The van der Waals surface area contributed by atoms with Gasteiger partial charge in [-0.05, 0) is 29.0 Å². The number of hydrogen-bond acceptors (Lipinski definition) is 1. The first-order chi connectivity index (χ1) is 7.59. The van der Waals surface area contributed by atoms with Crippen LogP contribution in [0.15, 0.2) is 24.3 Å². The van der Waals surface area contributed by atoms with Crippen LogP contribution < -0.4 is 4.74 Å². The molecule has 0 aliphatic rings. The second-order valence-corrected chi connectivity index (χ2v) is 5.21. The average molecular weight is 246 g/mol. The molecular weight excluding hydrogens is 229 g/mol. The molecule has 1 aromatic carbocycles. The van der Waals surface area contributed by atoms with Crippen molar-refractivity contribution in [3.8, 4) is 5.75 Å². The highest BCUT2D eigenvalue weighted by Gasteiger charge is 2.31. The van der Waals surface area contributed by atoms with E-state index in [2.05, 4.69) is 25.5 Å². The van der Waals surface area contributed by atoms with E-state index in [-0.39, 0.29) is 17.1 Å². The van der Waals surface area contributed by atoms with Gasteiger partial charge in [0.2, 0.25) is 0 Å². The summed E-state index contributed by atoms with van der Waals surface area (Å²) in [6.07, 6.45) is -4.64. The molecule has 17 heavy (non-hydrogen) atoms. The van der Waals surface area contributed by atoms with Gasteiger partial charge in [0, 0.05) is 0 Å². The minimum Gasteiger partial charge on any atom is -0.406 e. The van der Waals surface area contributed by atoms with Gasteiger partial charge < -0.3 is 4.74 Å². The lowest BCUT2D eigenvalue weighted by Crippen LogP contribution is -2.18. The highest BCUT2D eigenvalue weighted by atomic mass is 19.4. The average Bonchev–Trinajstić information content (AvgIpc) is 2.12. The predicted molar refractivity (Wildman–Crippen MR) is 61.0 cm³/mol. The quantitative estimate of drug-likeness (QED) is 0.732. The Balaban J connectivity index is 2.94. The van der Waals surface area contributed by atoms with Gasteiger partial charge in [-0.15, -0.1) is 13.2 Å². The summed E-state index contributed by atoms with van der Waals surface area (Å²) in [7, 11) is 0. The number of ether oxygens (including phenoxy) is 1. The molecule has 0 amide bonds. The van der Waals surface area contributed by atoms with Crippen LogP contribution in [-0.2, 0) is 0 Å². The van der Waals surface area contributed by atoms with Gasteiger partial charge in [-0.2, -0.15) is 0 Å². The summed E-state index contributed by atoms with van der Waals surface area (Å²) in [5.41, 5.74) is 0.843. The van der Waals surface area contributed by atoms with Crippen LogP contribution in [0.2, 0.25) is 0 Å². The Labute approximate surface area is 99.6 Å². The minimum atomic E-state index is -4.64. The molecule has 0 heterocycles. The second-order valence-electron chi connectivity index (χ2n) is 5.21. The normalized spacial score (nSPS) is 14.5. The summed E-state index contributed by atoms with van der Waals surface area (Å²) >= 11 is 0. The van der Waals surface area contributed by atoms with Gasteiger partial charge in [-0.3, -0.25) is 0 Å². The molecular formula is C13H17F3O. The Hall–Kier alpha value is -1.19. The molecule has 4 heteroatoms. The fourth-order valence-corrected chi connectivity index (χ4v) is 1.48. The molecule has 1 nitrogen and oxygen atoms in total. The van der Waals surface area contributed by atoms with Crippen LogP contribution >= 0.6 is 0 Å². The number of rotatable bonds is 2. The molecule has 96 valence electrons. The highest BCUT2D eigenvalue weighted by molar-refractivity contribution is 5.31. The molecule has 0 aliphatic heterocycles. The van der Waals surface area contributed by atoms with Crippen LogP contribution in [0.4, 0.5) is 13.2 Å². The van der Waals surface area contributed by atoms with Gasteiger partial charge in [-0.1, -0.05) is 39.8 Å². The molecule has 0 N–H and O–H groups in total. The lowest BCUT2D eigenvalue weighted by Gasteiger charge is -2.27. The van der Waals surface area contributed by atoms with E-state index in [9.17, 15) is 13.2 Å². The zero-order valence-electron chi connectivity index (χ0n) is 10.4. The van der Waals surface area contributed by atoms with Crippen molar-refractivity contribution in [2.24, 2.45) is 5.41 Å². The highest BCUT2D eigenvalue weighted by Crippen LogP contribution is 2.36. The molecule has 0 saturated carbocycles. The predicted octanol–water partition coefficient (Wildman–Crippen LogP) is 4.73. The van der Waals surface area contributed by atoms with Crippen LogP contribution in [-0.4, -0.2) is 6.36 Å². The van der Waals surface area contributed by atoms with Crippen molar-refractivity contribution in [1.82, 2.24) is 0 Å². The third-order valence-corrected chi connectivity index (χ3v) is 2.89. The zero-order valence-corrected chi connectivity index (χ0v) is 10.4. The molecule has 0 unspecified atom stereocenters. The van der Waals surface area contributed by atoms with Crippen LogP contribution in [0.5, 0.6) is 5.75 Å². The number of alkyl halides is 3. The summed E-state index contributed by atoms with van der Waals surface area (Å²) in [4.78, 5) is 0. The maximum absolute atomic E-state index is 12.1. The van der Waals surface area contributed by atoms with Gasteiger partial charge in [0.05, 0.1) is 0 Å². The first kappa shape index (κ1) is 13.9. The van der Waals surface area contributed by atoms with E-state index in [1.165, 1.54) is 12.1 Å². The van der Waals surface area contributed by atoms with E-state index in [1.54, 1.807) is 6.07 Å². The topological polar surface area (TPSA) is 9.23 Å². The Morgan fingerprint density at radius 3 is 2.18 bits per heavy atom. The summed E-state index contributed by atoms with van der Waals surface area (Å²) in [6, 6.07) is 6.16. The van der Waals surface area contributed by atoms with E-state index in [1.807, 2.05) is 13.0 Å². The van der Waals surface area contributed by atoms with E-state index in [0.29, 0.717) is 0 Å². The van der Waals surface area contributed by atoms with Gasteiger partial charge in [0.1, 0.15) is 5.75 Å². The Kier molecular flexibility index (Phi) is 3.74. The largest absolute Gasteiger partial charge is 0.573 e. The standard InChI is InChI=1S/C13H17F3O/c1-9(12(2,3)4)10-6-5-7-11(8-10)17-13(14,15)16/h5-9H,1-4H3/t9-/m0/s1. The molecule has 0 fully saturated rings. The van der Waals surface area contributed by atoms with Crippen molar-refractivity contribution in [2.75, 3.05) is 0 Å². The molecule has 1 rings (SSSR count). The molecule has 0 aromatic heterocycles. The molecule has 1 aromatic rings. The van der Waals surface area contributed by atoms with Gasteiger partial charge in [0.15, 0.2) is 0 Å². The van der Waals surface area contributed by atoms with Crippen molar-refractivity contribution in [2.45, 2.75) is 40.0 Å². The fraction of sp³-hybridized carbons (Fsp3) is 0.538. The van der Waals surface area contributed by atoms with E-state index < -0.39 is 6.36 Å². The smallest absolute Gasteiger partial charge is 0.406 e. The van der Waals surface area contributed by atoms with Crippen LogP contribution in [0.25, 0.3) is 0 Å². The third-order valence-electron chi connectivity index (χ3n) is 2.89. The van der Waals surface area contributed by atoms with Gasteiger partial charge >= 0.3 is 6.36 Å². The fourth-order valence-electron chi connectivity index (χ4n) is 1.48. The van der Waals surface area contributed by atoms with E-state index in [4.69, 9.17) is 0 Å². The zero-order chi connectivity index (χ0) is 13.3. The lowest BCUT2D eigenvalue weighted by molar-refractivity contribution is -0.274. The van der Waals surface area contributed by atoms with Crippen molar-refractivity contribution < 1.29 is 17.9 Å². The molecule has 0 radical (unpaired) electrons. The molecule has 0 saturated heterocycles. The summed E-state index contributed by atoms with van der Waals surface area (Å²) in [5.74, 6) is -0.00890. The summed E-state index contributed by atoms with van der Waals surface area (Å²) in [6.45, 7) is 8.14. The van der Waals surface area contributed by atoms with E-state index >= 15 is 0 Å². The molecule has 0 bridgehead atoms. The van der Waals surface area contributed by atoms with Crippen LogP contribution in [0, 0.1) is 5.41 Å². The third kappa shape index (κ3) is 4.29. The Morgan fingerprint density at radius 2 is 1.71 bits per heavy atom. The van der Waals surface area contributed by atoms with E-state index in [0.717, 1.165) is 5.56 Å². The molecule has 0 spiro atoms. The summed E-state index contributed by atoms with van der Waals surface area (Å²) in [5, 5.41) is 0. The summed E-state index contributed by atoms with van der Waals surface area (Å²) < 4.78 is 40.2.